The number of ether oxygens (including phenoxy) is 2. The maximum Gasteiger partial charge on any atom is 0.261 e. The van der Waals surface area contributed by atoms with Crippen LogP contribution in [-0.2, 0) is 14.3 Å². The second-order valence-electron chi connectivity index (χ2n) is 7.54. The van der Waals surface area contributed by atoms with Crippen LogP contribution in [0.1, 0.15) is 41.4 Å². The molecule has 6 nitrogen and oxygen atoms in total. The highest BCUT2D eigenvalue weighted by molar-refractivity contribution is 7.21. The SMILES string of the molecule is COCCNC(=O)c1sc2ccccc2c1[C@@H]1CCN(C(=O)C(C)(C)OC)C1. The summed E-state index contributed by atoms with van der Waals surface area (Å²) in [7, 11) is 3.17. The smallest absolute Gasteiger partial charge is 0.261 e. The molecule has 28 heavy (non-hydrogen) atoms. The van der Waals surface area contributed by atoms with Crippen molar-refractivity contribution in [3.05, 3.63) is 34.7 Å². The summed E-state index contributed by atoms with van der Waals surface area (Å²) in [5.74, 6) is 0.0503. The molecule has 1 aliphatic rings. The standard InChI is InChI=1S/C21H28N2O4S/c1-21(2,27-4)20(25)23-11-9-14(13-23)17-15-7-5-6-8-16(15)28-18(17)19(24)22-10-12-26-3/h5-8,14H,9-13H2,1-4H3,(H,22,24)/t14-/m1/s1. The molecule has 0 unspecified atom stereocenters. The van der Waals surface area contributed by atoms with E-state index in [2.05, 4.69) is 11.4 Å². The molecule has 2 heterocycles. The van der Waals surface area contributed by atoms with Gasteiger partial charge in [0, 0.05) is 44.5 Å². The lowest BCUT2D eigenvalue weighted by Crippen LogP contribution is -2.45. The molecule has 7 heteroatoms. The van der Waals surface area contributed by atoms with Crippen LogP contribution >= 0.6 is 11.3 Å². The van der Waals surface area contributed by atoms with E-state index in [0.29, 0.717) is 26.2 Å². The Morgan fingerprint density at radius 2 is 2.04 bits per heavy atom. The molecule has 0 spiro atoms. The van der Waals surface area contributed by atoms with Gasteiger partial charge in [0.05, 0.1) is 11.5 Å². The molecule has 0 aliphatic carbocycles. The molecular weight excluding hydrogens is 376 g/mol. The molecule has 0 saturated carbocycles. The van der Waals surface area contributed by atoms with Gasteiger partial charge < -0.3 is 19.7 Å². The fourth-order valence-electron chi connectivity index (χ4n) is 3.63. The van der Waals surface area contributed by atoms with Gasteiger partial charge in [0.15, 0.2) is 0 Å². The maximum absolute atomic E-state index is 12.8. The van der Waals surface area contributed by atoms with Crippen molar-refractivity contribution in [3.63, 3.8) is 0 Å². The minimum Gasteiger partial charge on any atom is -0.383 e. The number of benzene rings is 1. The summed E-state index contributed by atoms with van der Waals surface area (Å²) in [6, 6.07) is 8.09. The summed E-state index contributed by atoms with van der Waals surface area (Å²) >= 11 is 1.52. The number of fused-ring (bicyclic) bond motifs is 1. The summed E-state index contributed by atoms with van der Waals surface area (Å²) in [6.45, 7) is 5.80. The number of hydrogen-bond donors (Lipinski definition) is 1. The van der Waals surface area contributed by atoms with E-state index in [9.17, 15) is 9.59 Å². The molecule has 1 aliphatic heterocycles. The van der Waals surface area contributed by atoms with E-state index in [-0.39, 0.29) is 17.7 Å². The molecule has 1 aromatic heterocycles. The normalized spacial score (nSPS) is 17.3. The first kappa shape index (κ1) is 20.8. The Morgan fingerprint density at radius 3 is 2.75 bits per heavy atom. The first-order valence-electron chi connectivity index (χ1n) is 9.52. The minimum atomic E-state index is -0.841. The Bertz CT molecular complexity index is 861. The van der Waals surface area contributed by atoms with Gasteiger partial charge >= 0.3 is 0 Å². The van der Waals surface area contributed by atoms with Crippen LogP contribution in [0.15, 0.2) is 24.3 Å². The van der Waals surface area contributed by atoms with E-state index in [0.717, 1.165) is 26.9 Å². The fraction of sp³-hybridized carbons (Fsp3) is 0.524. The largest absolute Gasteiger partial charge is 0.383 e. The van der Waals surface area contributed by atoms with Crippen LogP contribution in [0, 0.1) is 0 Å². The van der Waals surface area contributed by atoms with Gasteiger partial charge in [-0.1, -0.05) is 18.2 Å². The second kappa shape index (κ2) is 8.59. The topological polar surface area (TPSA) is 67.9 Å². The number of nitrogens with one attached hydrogen (secondary N) is 1. The van der Waals surface area contributed by atoms with Gasteiger partial charge in [0.1, 0.15) is 5.60 Å². The van der Waals surface area contributed by atoms with Crippen molar-refractivity contribution in [1.82, 2.24) is 10.2 Å². The predicted molar refractivity (Wildman–Crippen MR) is 111 cm³/mol. The van der Waals surface area contributed by atoms with Gasteiger partial charge in [-0.2, -0.15) is 0 Å². The number of amides is 2. The first-order valence-corrected chi connectivity index (χ1v) is 10.3. The van der Waals surface area contributed by atoms with E-state index < -0.39 is 5.60 Å². The number of thiophene rings is 1. The van der Waals surface area contributed by atoms with Crippen molar-refractivity contribution in [2.45, 2.75) is 31.8 Å². The molecule has 1 atom stereocenters. The van der Waals surface area contributed by atoms with Crippen LogP contribution in [0.2, 0.25) is 0 Å². The third kappa shape index (κ3) is 4.06. The highest BCUT2D eigenvalue weighted by Crippen LogP contribution is 2.40. The van der Waals surface area contributed by atoms with E-state index in [1.165, 1.54) is 11.3 Å². The van der Waals surface area contributed by atoms with Gasteiger partial charge in [0.25, 0.3) is 11.8 Å². The molecule has 1 fully saturated rings. The zero-order valence-electron chi connectivity index (χ0n) is 16.9. The molecule has 2 aromatic rings. The number of hydrogen-bond acceptors (Lipinski definition) is 5. The average Bonchev–Trinajstić information content (AvgIpc) is 3.31. The van der Waals surface area contributed by atoms with Gasteiger partial charge in [-0.3, -0.25) is 9.59 Å². The summed E-state index contributed by atoms with van der Waals surface area (Å²) in [6.07, 6.45) is 0.838. The zero-order valence-corrected chi connectivity index (χ0v) is 17.7. The summed E-state index contributed by atoms with van der Waals surface area (Å²) in [4.78, 5) is 28.2. The van der Waals surface area contributed by atoms with Crippen LogP contribution in [0.4, 0.5) is 0 Å². The lowest BCUT2D eigenvalue weighted by molar-refractivity contribution is -0.149. The Balaban J connectivity index is 1.89. The molecule has 1 N–H and O–H groups in total. The maximum atomic E-state index is 12.8. The Hall–Kier alpha value is -1.96. The van der Waals surface area contributed by atoms with Crippen LogP contribution in [0.5, 0.6) is 0 Å². The zero-order chi connectivity index (χ0) is 20.3. The van der Waals surface area contributed by atoms with Crippen LogP contribution in [0.25, 0.3) is 10.1 Å². The lowest BCUT2D eigenvalue weighted by Gasteiger charge is -2.28. The third-order valence-corrected chi connectivity index (χ3v) is 6.53. The van der Waals surface area contributed by atoms with Crippen LogP contribution < -0.4 is 5.32 Å². The molecule has 1 aromatic carbocycles. The molecule has 152 valence electrons. The van der Waals surface area contributed by atoms with Gasteiger partial charge in [0.2, 0.25) is 0 Å². The Labute approximate surface area is 169 Å². The molecular formula is C21H28N2O4S. The van der Waals surface area contributed by atoms with Crippen molar-refractivity contribution >= 4 is 33.2 Å². The number of carbonyl (C=O) groups is 2. The number of nitrogens with zero attached hydrogens (tertiary/aromatic N) is 1. The third-order valence-electron chi connectivity index (χ3n) is 5.34. The molecule has 0 radical (unpaired) electrons. The molecule has 2 amide bonds. The average molecular weight is 405 g/mol. The van der Waals surface area contributed by atoms with Crippen LogP contribution in [-0.4, -0.2) is 62.8 Å². The van der Waals surface area contributed by atoms with Crippen molar-refractivity contribution in [2.75, 3.05) is 40.5 Å². The number of methoxy groups -OCH3 is 2. The second-order valence-corrected chi connectivity index (χ2v) is 8.59. The minimum absolute atomic E-state index is 0.0110. The van der Waals surface area contributed by atoms with Gasteiger partial charge in [-0.25, -0.2) is 0 Å². The monoisotopic (exact) mass is 404 g/mol. The highest BCUT2D eigenvalue weighted by Gasteiger charge is 2.38. The molecule has 3 rings (SSSR count). The van der Waals surface area contributed by atoms with Crippen molar-refractivity contribution in [1.29, 1.82) is 0 Å². The number of carbonyl (C=O) groups excluding carboxylic acids is 2. The predicted octanol–water partition coefficient (Wildman–Crippen LogP) is 3.02. The summed E-state index contributed by atoms with van der Waals surface area (Å²) in [5, 5.41) is 4.04. The van der Waals surface area contributed by atoms with Crippen molar-refractivity contribution < 1.29 is 19.1 Å². The Morgan fingerprint density at radius 1 is 1.29 bits per heavy atom. The van der Waals surface area contributed by atoms with E-state index >= 15 is 0 Å². The first-order chi connectivity index (χ1) is 13.4. The summed E-state index contributed by atoms with van der Waals surface area (Å²) in [5.41, 5.74) is 0.215. The highest BCUT2D eigenvalue weighted by atomic mass is 32.1. The van der Waals surface area contributed by atoms with Crippen LogP contribution in [0.3, 0.4) is 0 Å². The number of likely N-dealkylation sites (tertiary alicyclic amines) is 1. The lowest BCUT2D eigenvalue weighted by atomic mass is 9.95. The number of rotatable bonds is 7. The van der Waals surface area contributed by atoms with Gasteiger partial charge in [-0.05, 0) is 37.3 Å². The molecule has 0 bridgehead atoms. The van der Waals surface area contributed by atoms with E-state index in [4.69, 9.17) is 9.47 Å². The quantitative estimate of drug-likeness (QED) is 0.721. The van der Waals surface area contributed by atoms with Crippen molar-refractivity contribution in [3.8, 4) is 0 Å². The summed E-state index contributed by atoms with van der Waals surface area (Å²) < 4.78 is 11.5. The van der Waals surface area contributed by atoms with E-state index in [1.54, 1.807) is 28.1 Å². The van der Waals surface area contributed by atoms with Gasteiger partial charge in [-0.15, -0.1) is 11.3 Å². The molecule has 1 saturated heterocycles. The van der Waals surface area contributed by atoms with Crippen molar-refractivity contribution in [2.24, 2.45) is 0 Å². The fourth-order valence-corrected chi connectivity index (χ4v) is 4.84. The van der Waals surface area contributed by atoms with E-state index in [1.807, 2.05) is 23.1 Å². The Kier molecular flexibility index (Phi) is 6.37.